The molecular formula is C10H13NO3. The molecule has 0 aliphatic carbocycles. The van der Waals surface area contributed by atoms with Crippen molar-refractivity contribution in [2.24, 2.45) is 5.41 Å². The van der Waals surface area contributed by atoms with Gasteiger partial charge in [-0.1, -0.05) is 20.8 Å². The molecule has 0 saturated heterocycles. The minimum atomic E-state index is -1.02. The van der Waals surface area contributed by atoms with Crippen molar-refractivity contribution in [3.05, 3.63) is 24.0 Å². The van der Waals surface area contributed by atoms with E-state index in [-0.39, 0.29) is 11.5 Å². The molecule has 76 valence electrons. The summed E-state index contributed by atoms with van der Waals surface area (Å²) in [6.07, 6.45) is 2.80. The molecule has 0 aliphatic rings. The topological polar surface area (TPSA) is 59.3 Å². The second-order valence-corrected chi connectivity index (χ2v) is 4.17. The molecule has 0 atom stereocenters. The lowest BCUT2D eigenvalue weighted by Crippen LogP contribution is -2.25. The lowest BCUT2D eigenvalue weighted by molar-refractivity contribution is 0.0697. The molecule has 0 spiro atoms. The highest BCUT2D eigenvalue weighted by atomic mass is 16.4. The van der Waals surface area contributed by atoms with Crippen molar-refractivity contribution in [1.29, 1.82) is 0 Å². The Kier molecular flexibility index (Phi) is 2.47. The van der Waals surface area contributed by atoms with Crippen LogP contribution in [0, 0.1) is 5.41 Å². The summed E-state index contributed by atoms with van der Waals surface area (Å²) >= 11 is 0. The van der Waals surface area contributed by atoms with Crippen LogP contribution in [-0.4, -0.2) is 21.6 Å². The summed E-state index contributed by atoms with van der Waals surface area (Å²) in [4.78, 5) is 22.2. The number of carbonyl (C=O) groups is 2. The average Bonchev–Trinajstić information content (AvgIpc) is 2.48. The normalized spacial score (nSPS) is 11.4. The van der Waals surface area contributed by atoms with Crippen molar-refractivity contribution in [3.8, 4) is 0 Å². The van der Waals surface area contributed by atoms with Gasteiger partial charge in [0.15, 0.2) is 0 Å². The van der Waals surface area contributed by atoms with Crippen LogP contribution in [0.1, 0.15) is 35.9 Å². The number of carboxylic acids is 1. The molecule has 0 radical (unpaired) electrons. The standard InChI is InChI=1S/C10H13NO3/c1-10(2,3)9(14)11-5-4-7(6-11)8(12)13/h4-6H,1-3H3,(H,12,13). The fourth-order valence-corrected chi connectivity index (χ4v) is 1.04. The first kappa shape index (κ1) is 10.5. The molecule has 1 aromatic heterocycles. The molecule has 0 aromatic carbocycles. The summed E-state index contributed by atoms with van der Waals surface area (Å²) in [7, 11) is 0. The number of rotatable bonds is 1. The summed E-state index contributed by atoms with van der Waals surface area (Å²) < 4.78 is 1.31. The van der Waals surface area contributed by atoms with E-state index in [9.17, 15) is 9.59 Å². The van der Waals surface area contributed by atoms with Gasteiger partial charge in [0.1, 0.15) is 0 Å². The average molecular weight is 195 g/mol. The van der Waals surface area contributed by atoms with Crippen molar-refractivity contribution in [1.82, 2.24) is 4.57 Å². The molecule has 1 N–H and O–H groups in total. The molecule has 0 bridgehead atoms. The van der Waals surface area contributed by atoms with E-state index in [4.69, 9.17) is 5.11 Å². The summed E-state index contributed by atoms with van der Waals surface area (Å²) in [5.41, 5.74) is -0.378. The fourth-order valence-electron chi connectivity index (χ4n) is 1.04. The fraction of sp³-hybridized carbons (Fsp3) is 0.400. The predicted octanol–water partition coefficient (Wildman–Crippen LogP) is 1.87. The van der Waals surface area contributed by atoms with Crippen molar-refractivity contribution in [2.45, 2.75) is 20.8 Å². The van der Waals surface area contributed by atoms with Gasteiger partial charge in [0.05, 0.1) is 5.56 Å². The van der Waals surface area contributed by atoms with Crippen LogP contribution in [0.5, 0.6) is 0 Å². The van der Waals surface area contributed by atoms with Gasteiger partial charge >= 0.3 is 5.97 Å². The molecule has 1 heterocycles. The number of carboxylic acid groups (broad SMARTS) is 1. The lowest BCUT2D eigenvalue weighted by atomic mass is 9.96. The number of hydrogen-bond acceptors (Lipinski definition) is 2. The quantitative estimate of drug-likeness (QED) is 0.744. The van der Waals surface area contributed by atoms with E-state index in [0.717, 1.165) is 0 Å². The van der Waals surface area contributed by atoms with Gasteiger partial charge < -0.3 is 5.11 Å². The molecular weight excluding hydrogens is 182 g/mol. The third-order valence-corrected chi connectivity index (χ3v) is 1.82. The van der Waals surface area contributed by atoms with Crippen molar-refractivity contribution >= 4 is 11.9 Å². The SMILES string of the molecule is CC(C)(C)C(=O)n1ccc(C(=O)O)c1. The second kappa shape index (κ2) is 3.29. The molecule has 1 aromatic rings. The molecule has 4 heteroatoms. The number of carbonyl (C=O) groups excluding carboxylic acids is 1. The minimum absolute atomic E-state index is 0.120. The van der Waals surface area contributed by atoms with E-state index >= 15 is 0 Å². The third kappa shape index (κ3) is 2.02. The van der Waals surface area contributed by atoms with E-state index in [1.807, 2.05) is 0 Å². The van der Waals surface area contributed by atoms with Gasteiger partial charge in [0.25, 0.3) is 0 Å². The van der Waals surface area contributed by atoms with E-state index < -0.39 is 11.4 Å². The zero-order valence-electron chi connectivity index (χ0n) is 8.44. The van der Waals surface area contributed by atoms with Gasteiger partial charge in [0, 0.05) is 17.8 Å². The maximum Gasteiger partial charge on any atom is 0.337 e. The molecule has 0 aliphatic heterocycles. The number of aromatic carboxylic acids is 1. The van der Waals surface area contributed by atoms with E-state index in [2.05, 4.69) is 0 Å². The van der Waals surface area contributed by atoms with E-state index in [1.165, 1.54) is 23.0 Å². The Morgan fingerprint density at radius 2 is 1.93 bits per heavy atom. The Morgan fingerprint density at radius 3 is 2.29 bits per heavy atom. The van der Waals surface area contributed by atoms with Crippen LogP contribution in [0.4, 0.5) is 0 Å². The summed E-state index contributed by atoms with van der Waals surface area (Å²) in [6, 6.07) is 1.41. The van der Waals surface area contributed by atoms with Gasteiger partial charge in [-0.3, -0.25) is 9.36 Å². The molecule has 0 saturated carbocycles. The molecule has 0 fully saturated rings. The van der Waals surface area contributed by atoms with E-state index in [1.54, 1.807) is 20.8 Å². The Balaban J connectivity index is 2.99. The van der Waals surface area contributed by atoms with Crippen LogP contribution >= 0.6 is 0 Å². The van der Waals surface area contributed by atoms with Crippen LogP contribution in [-0.2, 0) is 0 Å². The van der Waals surface area contributed by atoms with E-state index in [0.29, 0.717) is 0 Å². The zero-order valence-corrected chi connectivity index (χ0v) is 8.44. The van der Waals surface area contributed by atoms with Crippen LogP contribution in [0.15, 0.2) is 18.5 Å². The largest absolute Gasteiger partial charge is 0.478 e. The first-order valence-electron chi connectivity index (χ1n) is 4.28. The first-order valence-corrected chi connectivity index (χ1v) is 4.28. The highest BCUT2D eigenvalue weighted by Crippen LogP contribution is 2.17. The van der Waals surface area contributed by atoms with Gasteiger partial charge in [0.2, 0.25) is 5.91 Å². The van der Waals surface area contributed by atoms with Crippen LogP contribution < -0.4 is 0 Å². The van der Waals surface area contributed by atoms with Gasteiger partial charge in [-0.25, -0.2) is 4.79 Å². The van der Waals surface area contributed by atoms with Crippen LogP contribution in [0.3, 0.4) is 0 Å². The van der Waals surface area contributed by atoms with Crippen molar-refractivity contribution < 1.29 is 14.7 Å². The van der Waals surface area contributed by atoms with Gasteiger partial charge in [-0.15, -0.1) is 0 Å². The number of hydrogen-bond donors (Lipinski definition) is 1. The minimum Gasteiger partial charge on any atom is -0.478 e. The zero-order chi connectivity index (χ0) is 10.9. The van der Waals surface area contributed by atoms with Crippen LogP contribution in [0.25, 0.3) is 0 Å². The molecule has 0 amide bonds. The Hall–Kier alpha value is -1.58. The molecule has 1 rings (SSSR count). The lowest BCUT2D eigenvalue weighted by Gasteiger charge is -2.16. The molecule has 4 nitrogen and oxygen atoms in total. The molecule has 14 heavy (non-hydrogen) atoms. The van der Waals surface area contributed by atoms with Crippen LogP contribution in [0.2, 0.25) is 0 Å². The highest BCUT2D eigenvalue weighted by Gasteiger charge is 2.23. The van der Waals surface area contributed by atoms with Crippen molar-refractivity contribution in [3.63, 3.8) is 0 Å². The third-order valence-electron chi connectivity index (χ3n) is 1.82. The first-order chi connectivity index (χ1) is 6.32. The maximum atomic E-state index is 11.7. The summed E-state index contributed by atoms with van der Waals surface area (Å²) in [6.45, 7) is 5.36. The molecule has 0 unspecified atom stereocenters. The number of nitrogens with zero attached hydrogens (tertiary/aromatic N) is 1. The summed E-state index contributed by atoms with van der Waals surface area (Å²) in [5.74, 6) is -1.14. The highest BCUT2D eigenvalue weighted by molar-refractivity contribution is 5.90. The summed E-state index contributed by atoms with van der Waals surface area (Å²) in [5, 5.41) is 8.66. The Labute approximate surface area is 82.2 Å². The smallest absolute Gasteiger partial charge is 0.337 e. The Morgan fingerprint density at radius 1 is 1.36 bits per heavy atom. The monoisotopic (exact) mass is 195 g/mol. The van der Waals surface area contributed by atoms with Crippen molar-refractivity contribution in [2.75, 3.05) is 0 Å². The second-order valence-electron chi connectivity index (χ2n) is 4.17. The van der Waals surface area contributed by atoms with Gasteiger partial charge in [-0.05, 0) is 6.07 Å². The number of aromatic nitrogens is 1. The van der Waals surface area contributed by atoms with Gasteiger partial charge in [-0.2, -0.15) is 0 Å². The Bertz CT molecular complexity index is 371. The predicted molar refractivity (Wildman–Crippen MR) is 51.5 cm³/mol. The maximum absolute atomic E-state index is 11.7.